The average Bonchev–Trinajstić information content (AvgIpc) is 3.27. The Kier molecular flexibility index (Phi) is 5.78. The van der Waals surface area contributed by atoms with Gasteiger partial charge in [0.2, 0.25) is 5.91 Å². The van der Waals surface area contributed by atoms with Crippen molar-refractivity contribution in [1.29, 1.82) is 0 Å². The predicted octanol–water partition coefficient (Wildman–Crippen LogP) is 2.40. The largest absolute Gasteiger partial charge is 0.349 e. The molecule has 6 nitrogen and oxygen atoms in total. The van der Waals surface area contributed by atoms with E-state index in [0.717, 1.165) is 44.2 Å². The van der Waals surface area contributed by atoms with Crippen LogP contribution in [0.4, 0.5) is 4.39 Å². The van der Waals surface area contributed by atoms with Gasteiger partial charge in [-0.2, -0.15) is 0 Å². The first-order valence-electron chi connectivity index (χ1n) is 9.34. The number of amides is 1. The van der Waals surface area contributed by atoms with Crippen LogP contribution in [0.2, 0.25) is 0 Å². The molecule has 0 atom stereocenters. The van der Waals surface area contributed by atoms with Crippen molar-refractivity contribution in [3.05, 3.63) is 69.7 Å². The van der Waals surface area contributed by atoms with Crippen LogP contribution >= 0.6 is 11.3 Å². The Labute approximate surface area is 167 Å². The van der Waals surface area contributed by atoms with Gasteiger partial charge in [-0.15, -0.1) is 21.5 Å². The summed E-state index contributed by atoms with van der Waals surface area (Å²) in [6, 6.07) is 10.3. The van der Waals surface area contributed by atoms with Crippen molar-refractivity contribution in [1.82, 2.24) is 25.0 Å². The van der Waals surface area contributed by atoms with Crippen molar-refractivity contribution in [2.75, 3.05) is 13.1 Å². The molecular formula is C20H22FN5OS. The molecule has 1 aliphatic rings. The highest BCUT2D eigenvalue weighted by Crippen LogP contribution is 2.15. The molecule has 2 aromatic heterocycles. The summed E-state index contributed by atoms with van der Waals surface area (Å²) in [6.07, 6.45) is 0.989. The molecular weight excluding hydrogens is 377 g/mol. The van der Waals surface area contributed by atoms with Crippen LogP contribution in [0.15, 0.2) is 41.8 Å². The first-order valence-corrected chi connectivity index (χ1v) is 10.2. The summed E-state index contributed by atoms with van der Waals surface area (Å²) < 4.78 is 15.4. The van der Waals surface area contributed by atoms with Gasteiger partial charge in [0.15, 0.2) is 5.82 Å². The molecule has 0 saturated carbocycles. The minimum atomic E-state index is -0.333. The minimum absolute atomic E-state index is 0.146. The van der Waals surface area contributed by atoms with Gasteiger partial charge in [-0.25, -0.2) is 4.39 Å². The SMILES string of the molecule is O=C(Cc1cccc(F)c1)NCc1nnc2n1CCN(Cc1cccs1)CC2. The third-order valence-corrected chi connectivity index (χ3v) is 5.71. The molecule has 1 aliphatic heterocycles. The van der Waals surface area contributed by atoms with Crippen molar-refractivity contribution in [2.24, 2.45) is 0 Å². The van der Waals surface area contributed by atoms with Crippen molar-refractivity contribution < 1.29 is 9.18 Å². The molecule has 1 amide bonds. The fourth-order valence-electron chi connectivity index (χ4n) is 3.41. The number of benzene rings is 1. The Hall–Kier alpha value is -2.58. The Morgan fingerprint density at radius 1 is 1.18 bits per heavy atom. The number of hydrogen-bond acceptors (Lipinski definition) is 5. The molecule has 0 bridgehead atoms. The zero-order chi connectivity index (χ0) is 19.3. The molecule has 0 aliphatic carbocycles. The van der Waals surface area contributed by atoms with Crippen LogP contribution in [0.1, 0.15) is 22.1 Å². The fraction of sp³-hybridized carbons (Fsp3) is 0.350. The molecule has 1 aromatic carbocycles. The monoisotopic (exact) mass is 399 g/mol. The van der Waals surface area contributed by atoms with Crippen molar-refractivity contribution in [3.63, 3.8) is 0 Å². The second kappa shape index (κ2) is 8.62. The number of thiophene rings is 1. The summed E-state index contributed by atoms with van der Waals surface area (Å²) in [5.41, 5.74) is 0.654. The number of fused-ring (bicyclic) bond motifs is 1. The molecule has 0 fully saturated rings. The van der Waals surface area contributed by atoms with Crippen LogP contribution in [-0.2, 0) is 37.3 Å². The summed E-state index contributed by atoms with van der Waals surface area (Å²) in [5, 5.41) is 13.5. The molecule has 4 rings (SSSR count). The van der Waals surface area contributed by atoms with Crippen LogP contribution in [0.3, 0.4) is 0 Å². The lowest BCUT2D eigenvalue weighted by atomic mass is 10.1. The first-order chi connectivity index (χ1) is 13.7. The standard InChI is InChI=1S/C20H22FN5OS/c21-16-4-1-3-15(11-16)12-20(27)22-13-19-24-23-18-6-7-25(8-9-26(18)19)14-17-5-2-10-28-17/h1-5,10-11H,6-9,12-14H2,(H,22,27). The smallest absolute Gasteiger partial charge is 0.224 e. The van der Waals surface area contributed by atoms with E-state index in [9.17, 15) is 9.18 Å². The lowest BCUT2D eigenvalue weighted by molar-refractivity contribution is -0.120. The quantitative estimate of drug-likeness (QED) is 0.691. The third kappa shape index (κ3) is 4.63. The van der Waals surface area contributed by atoms with Gasteiger partial charge in [-0.1, -0.05) is 18.2 Å². The maximum atomic E-state index is 13.2. The van der Waals surface area contributed by atoms with Gasteiger partial charge in [0.05, 0.1) is 13.0 Å². The topological polar surface area (TPSA) is 63.1 Å². The normalized spacial score (nSPS) is 14.5. The van der Waals surface area contributed by atoms with Crippen LogP contribution in [-0.4, -0.2) is 38.7 Å². The summed E-state index contributed by atoms with van der Waals surface area (Å²) in [6.45, 7) is 3.96. The number of nitrogens with one attached hydrogen (secondary N) is 1. The van der Waals surface area contributed by atoms with E-state index in [-0.39, 0.29) is 18.1 Å². The van der Waals surface area contributed by atoms with Gasteiger partial charge in [0, 0.05) is 37.5 Å². The maximum absolute atomic E-state index is 13.2. The second-order valence-corrected chi connectivity index (χ2v) is 7.91. The highest BCUT2D eigenvalue weighted by atomic mass is 32.1. The van der Waals surface area contributed by atoms with E-state index in [1.807, 2.05) is 0 Å². The number of rotatable bonds is 6. The van der Waals surface area contributed by atoms with Crippen LogP contribution in [0, 0.1) is 5.82 Å². The molecule has 0 saturated heterocycles. The number of nitrogens with zero attached hydrogens (tertiary/aromatic N) is 4. The van der Waals surface area contributed by atoms with Gasteiger partial charge in [0.25, 0.3) is 0 Å². The van der Waals surface area contributed by atoms with E-state index in [2.05, 4.69) is 42.5 Å². The predicted molar refractivity (Wildman–Crippen MR) is 105 cm³/mol. The van der Waals surface area contributed by atoms with Crippen molar-refractivity contribution in [2.45, 2.75) is 32.5 Å². The summed E-state index contributed by atoms with van der Waals surface area (Å²) in [4.78, 5) is 16.0. The fourth-order valence-corrected chi connectivity index (χ4v) is 4.16. The van der Waals surface area contributed by atoms with Crippen LogP contribution in [0.5, 0.6) is 0 Å². The number of halogens is 1. The maximum Gasteiger partial charge on any atom is 0.224 e. The lowest BCUT2D eigenvalue weighted by Gasteiger charge is -2.18. The number of aromatic nitrogens is 3. The number of hydrogen-bond donors (Lipinski definition) is 1. The number of carbonyl (C=O) groups is 1. The molecule has 0 spiro atoms. The first kappa shape index (κ1) is 18.8. The van der Waals surface area contributed by atoms with Gasteiger partial charge in [-0.05, 0) is 29.1 Å². The van der Waals surface area contributed by atoms with Crippen molar-refractivity contribution >= 4 is 17.2 Å². The van der Waals surface area contributed by atoms with Gasteiger partial charge < -0.3 is 9.88 Å². The molecule has 0 radical (unpaired) electrons. The van der Waals surface area contributed by atoms with Gasteiger partial charge in [0.1, 0.15) is 11.6 Å². The van der Waals surface area contributed by atoms with E-state index < -0.39 is 0 Å². The Bertz CT molecular complexity index is 940. The van der Waals surface area contributed by atoms with Gasteiger partial charge in [-0.3, -0.25) is 9.69 Å². The molecule has 146 valence electrons. The minimum Gasteiger partial charge on any atom is -0.349 e. The average molecular weight is 399 g/mol. The Morgan fingerprint density at radius 3 is 2.93 bits per heavy atom. The number of carbonyl (C=O) groups excluding carboxylic acids is 1. The molecule has 1 N–H and O–H groups in total. The van der Waals surface area contributed by atoms with E-state index >= 15 is 0 Å². The van der Waals surface area contributed by atoms with Crippen LogP contribution in [0.25, 0.3) is 0 Å². The van der Waals surface area contributed by atoms with Gasteiger partial charge >= 0.3 is 0 Å². The van der Waals surface area contributed by atoms with Crippen LogP contribution < -0.4 is 5.32 Å². The van der Waals surface area contributed by atoms with E-state index in [0.29, 0.717) is 12.1 Å². The third-order valence-electron chi connectivity index (χ3n) is 4.85. The summed E-state index contributed by atoms with van der Waals surface area (Å²) in [7, 11) is 0. The summed E-state index contributed by atoms with van der Waals surface area (Å²) >= 11 is 1.78. The molecule has 3 heterocycles. The highest BCUT2D eigenvalue weighted by molar-refractivity contribution is 7.09. The highest BCUT2D eigenvalue weighted by Gasteiger charge is 2.19. The second-order valence-electron chi connectivity index (χ2n) is 6.87. The van der Waals surface area contributed by atoms with E-state index in [4.69, 9.17) is 0 Å². The molecule has 8 heteroatoms. The van der Waals surface area contributed by atoms with E-state index in [1.54, 1.807) is 23.5 Å². The molecule has 3 aromatic rings. The summed E-state index contributed by atoms with van der Waals surface area (Å²) in [5.74, 6) is 1.24. The zero-order valence-corrected chi connectivity index (χ0v) is 16.3. The Balaban J connectivity index is 1.32. The molecule has 28 heavy (non-hydrogen) atoms. The zero-order valence-electron chi connectivity index (χ0n) is 15.5. The molecule has 0 unspecified atom stereocenters. The lowest BCUT2D eigenvalue weighted by Crippen LogP contribution is -2.28. The van der Waals surface area contributed by atoms with Crippen molar-refractivity contribution in [3.8, 4) is 0 Å². The van der Waals surface area contributed by atoms with E-state index in [1.165, 1.54) is 17.0 Å². The Morgan fingerprint density at radius 2 is 2.11 bits per heavy atom.